The number of furan rings is 1. The maximum atomic E-state index is 12.2. The van der Waals surface area contributed by atoms with Crippen molar-refractivity contribution in [1.29, 1.82) is 0 Å². The fourth-order valence-corrected chi connectivity index (χ4v) is 4.42. The van der Waals surface area contributed by atoms with Crippen molar-refractivity contribution in [2.24, 2.45) is 0 Å². The maximum Gasteiger partial charge on any atom is 0.154 e. The van der Waals surface area contributed by atoms with Gasteiger partial charge in [-0.3, -0.25) is 0 Å². The van der Waals surface area contributed by atoms with Crippen molar-refractivity contribution < 1.29 is 12.8 Å². The fraction of sp³-hybridized carbons (Fsp3) is 0.429. The van der Waals surface area contributed by atoms with Crippen LogP contribution >= 0.6 is 15.9 Å². The quantitative estimate of drug-likeness (QED) is 0.851. The van der Waals surface area contributed by atoms with Gasteiger partial charge in [0.25, 0.3) is 0 Å². The van der Waals surface area contributed by atoms with E-state index in [-0.39, 0.29) is 17.0 Å². The summed E-state index contributed by atoms with van der Waals surface area (Å²) in [6, 6.07) is 7.42. The lowest BCUT2D eigenvalue weighted by atomic mass is 10.2. The summed E-state index contributed by atoms with van der Waals surface area (Å²) in [4.78, 5) is 0. The summed E-state index contributed by atoms with van der Waals surface area (Å²) in [6.45, 7) is 2.46. The second-order valence-electron chi connectivity index (χ2n) is 5.27. The molecule has 1 aliphatic rings. The van der Waals surface area contributed by atoms with Crippen LogP contribution in [0, 0.1) is 0 Å². The third kappa shape index (κ3) is 2.64. The summed E-state index contributed by atoms with van der Waals surface area (Å²) in [5.41, 5.74) is 0.777. The van der Waals surface area contributed by atoms with Crippen molar-refractivity contribution in [2.45, 2.75) is 24.6 Å². The van der Waals surface area contributed by atoms with E-state index >= 15 is 0 Å². The maximum absolute atomic E-state index is 12.2. The van der Waals surface area contributed by atoms with E-state index in [1.165, 1.54) is 0 Å². The van der Waals surface area contributed by atoms with Gasteiger partial charge in [0.15, 0.2) is 9.84 Å². The molecule has 0 bridgehead atoms. The van der Waals surface area contributed by atoms with E-state index in [2.05, 4.69) is 21.2 Å². The second-order valence-corrected chi connectivity index (χ2v) is 8.65. The third-order valence-electron chi connectivity index (χ3n) is 3.79. The van der Waals surface area contributed by atoms with Gasteiger partial charge in [-0.25, -0.2) is 8.42 Å². The normalized spacial score (nSPS) is 26.5. The van der Waals surface area contributed by atoms with Gasteiger partial charge in [0.05, 0.1) is 17.0 Å². The van der Waals surface area contributed by atoms with Crippen LogP contribution in [0.3, 0.4) is 0 Å². The molecule has 0 spiro atoms. The van der Waals surface area contributed by atoms with E-state index in [0.717, 1.165) is 15.4 Å². The minimum atomic E-state index is -3.07. The Kier molecular flexibility index (Phi) is 3.64. The molecule has 3 rings (SSSR count). The smallest absolute Gasteiger partial charge is 0.154 e. The van der Waals surface area contributed by atoms with Gasteiger partial charge >= 0.3 is 0 Å². The minimum Gasteiger partial charge on any atom is -0.459 e. The molecule has 20 heavy (non-hydrogen) atoms. The summed E-state index contributed by atoms with van der Waals surface area (Å²) in [6.07, 6.45) is 0.643. The molecule has 1 N–H and O–H groups in total. The van der Waals surface area contributed by atoms with Crippen LogP contribution in [0.4, 0.5) is 0 Å². The first-order valence-electron chi connectivity index (χ1n) is 6.60. The van der Waals surface area contributed by atoms with Crippen LogP contribution in [0.2, 0.25) is 0 Å². The highest BCUT2D eigenvalue weighted by molar-refractivity contribution is 9.10. The van der Waals surface area contributed by atoms with Crippen LogP contribution in [-0.2, 0) is 9.84 Å². The number of hydrogen-bond acceptors (Lipinski definition) is 4. The van der Waals surface area contributed by atoms with Crippen molar-refractivity contribution in [1.82, 2.24) is 5.32 Å². The Bertz CT molecular complexity index is 738. The molecular weight excluding hydrogens is 342 g/mol. The molecule has 1 aromatic carbocycles. The van der Waals surface area contributed by atoms with Crippen molar-refractivity contribution in [3.05, 3.63) is 34.5 Å². The van der Waals surface area contributed by atoms with Gasteiger partial charge in [-0.15, -0.1) is 0 Å². The van der Waals surface area contributed by atoms with Gasteiger partial charge < -0.3 is 9.73 Å². The first kappa shape index (κ1) is 14.1. The minimum absolute atomic E-state index is 0.0924. The number of halogens is 1. The van der Waals surface area contributed by atoms with Crippen LogP contribution in [0.1, 0.15) is 25.1 Å². The number of benzene rings is 1. The van der Waals surface area contributed by atoms with E-state index < -0.39 is 9.84 Å². The second kappa shape index (κ2) is 5.16. The zero-order valence-corrected chi connectivity index (χ0v) is 13.5. The molecule has 108 valence electrons. The van der Waals surface area contributed by atoms with Gasteiger partial charge in [-0.1, -0.05) is 15.9 Å². The lowest BCUT2D eigenvalue weighted by molar-refractivity contribution is 0.456. The highest BCUT2D eigenvalue weighted by Crippen LogP contribution is 2.29. The Morgan fingerprint density at radius 3 is 2.95 bits per heavy atom. The number of nitrogens with one attached hydrogen (secondary N) is 1. The summed E-state index contributed by atoms with van der Waals surface area (Å²) < 4.78 is 31.1. The highest BCUT2D eigenvalue weighted by Gasteiger charge is 2.31. The predicted octanol–water partition coefficient (Wildman–Crippen LogP) is 3.03. The number of fused-ring (bicyclic) bond motifs is 1. The van der Waals surface area contributed by atoms with E-state index in [0.29, 0.717) is 18.7 Å². The van der Waals surface area contributed by atoms with Crippen molar-refractivity contribution in [2.75, 3.05) is 12.3 Å². The van der Waals surface area contributed by atoms with Gasteiger partial charge in [-0.2, -0.15) is 0 Å². The summed E-state index contributed by atoms with van der Waals surface area (Å²) >= 11 is 3.42. The third-order valence-corrected chi connectivity index (χ3v) is 6.55. The molecular formula is C14H16BrNO3S. The van der Waals surface area contributed by atoms with E-state index in [9.17, 15) is 8.42 Å². The molecule has 0 radical (unpaired) electrons. The summed E-state index contributed by atoms with van der Waals surface area (Å²) in [7, 11) is -3.07. The molecule has 0 saturated carbocycles. The molecule has 1 saturated heterocycles. The van der Waals surface area contributed by atoms with Crippen LogP contribution in [0.5, 0.6) is 0 Å². The average Bonchev–Trinajstić information content (AvgIpc) is 2.74. The van der Waals surface area contributed by atoms with Gasteiger partial charge in [-0.05, 0) is 44.2 Å². The lowest BCUT2D eigenvalue weighted by Gasteiger charge is -2.12. The number of rotatable bonds is 1. The van der Waals surface area contributed by atoms with Crippen LogP contribution < -0.4 is 5.32 Å². The van der Waals surface area contributed by atoms with Gasteiger partial charge in [0.1, 0.15) is 11.3 Å². The number of hydrogen-bond donors (Lipinski definition) is 1. The highest BCUT2D eigenvalue weighted by atomic mass is 79.9. The summed E-state index contributed by atoms with van der Waals surface area (Å²) in [5.74, 6) is 0.783. The van der Waals surface area contributed by atoms with Crippen LogP contribution in [-0.4, -0.2) is 26.0 Å². The molecule has 4 nitrogen and oxygen atoms in total. The Labute approximate surface area is 126 Å². The van der Waals surface area contributed by atoms with E-state index in [4.69, 9.17) is 4.42 Å². The van der Waals surface area contributed by atoms with Gasteiger partial charge in [0, 0.05) is 9.86 Å². The van der Waals surface area contributed by atoms with E-state index in [1.54, 1.807) is 6.92 Å². The Hall–Kier alpha value is -0.850. The first-order valence-corrected chi connectivity index (χ1v) is 9.10. The Balaban J connectivity index is 1.97. The zero-order chi connectivity index (χ0) is 14.3. The Morgan fingerprint density at radius 2 is 2.15 bits per heavy atom. The molecule has 1 aliphatic heterocycles. The van der Waals surface area contributed by atoms with Crippen molar-refractivity contribution in [3.8, 4) is 0 Å². The van der Waals surface area contributed by atoms with Crippen molar-refractivity contribution >= 4 is 36.7 Å². The van der Waals surface area contributed by atoms with Crippen molar-refractivity contribution in [3.63, 3.8) is 0 Å². The Morgan fingerprint density at radius 1 is 1.35 bits per heavy atom. The average molecular weight is 358 g/mol. The van der Waals surface area contributed by atoms with Crippen LogP contribution in [0.25, 0.3) is 11.0 Å². The molecule has 1 fully saturated rings. The largest absolute Gasteiger partial charge is 0.459 e. The topological polar surface area (TPSA) is 59.3 Å². The number of sulfone groups is 1. The summed E-state index contributed by atoms with van der Waals surface area (Å²) in [5, 5.41) is 3.96. The van der Waals surface area contributed by atoms with E-state index in [1.807, 2.05) is 24.3 Å². The molecule has 2 aromatic rings. The van der Waals surface area contributed by atoms with Crippen LogP contribution in [0.15, 0.2) is 33.2 Å². The molecule has 0 amide bonds. The molecule has 6 heteroatoms. The first-order chi connectivity index (χ1) is 9.45. The van der Waals surface area contributed by atoms with Gasteiger partial charge in [0.2, 0.25) is 0 Å². The molecule has 2 unspecified atom stereocenters. The fourth-order valence-electron chi connectivity index (χ4n) is 2.49. The molecule has 2 heterocycles. The standard InChI is InChI=1S/C14H16BrNO3S/c1-9-4-5-16-12(8-20(9,17)18)14-7-10-6-11(15)2-3-13(10)19-14/h2-3,6-7,9,12,16H,4-5,8H2,1H3. The predicted molar refractivity (Wildman–Crippen MR) is 82.5 cm³/mol. The molecule has 0 aliphatic carbocycles. The molecule has 1 aromatic heterocycles. The zero-order valence-electron chi connectivity index (χ0n) is 11.1. The monoisotopic (exact) mass is 357 g/mol. The molecule has 2 atom stereocenters. The SMILES string of the molecule is CC1CCNC(c2cc3cc(Br)ccc3o2)CS1(=O)=O. The lowest BCUT2D eigenvalue weighted by Crippen LogP contribution is -2.25.